The van der Waals surface area contributed by atoms with Gasteiger partial charge in [0, 0.05) is 28.8 Å². The fourth-order valence-corrected chi connectivity index (χ4v) is 3.74. The first kappa shape index (κ1) is 22.8. The summed E-state index contributed by atoms with van der Waals surface area (Å²) in [6, 6.07) is 12.7. The van der Waals surface area contributed by atoms with Crippen LogP contribution in [0.4, 0.5) is 11.4 Å². The van der Waals surface area contributed by atoms with Gasteiger partial charge < -0.3 is 19.7 Å². The highest BCUT2D eigenvalue weighted by atomic mass is 79.9. The number of carbonyl (C=O) groups is 3. The van der Waals surface area contributed by atoms with Gasteiger partial charge in [-0.2, -0.15) is 0 Å². The fourth-order valence-electron chi connectivity index (χ4n) is 3.27. The molecule has 0 radical (unpaired) electrons. The first-order chi connectivity index (χ1) is 14.9. The van der Waals surface area contributed by atoms with Crippen molar-refractivity contribution in [2.24, 2.45) is 5.92 Å². The molecule has 0 spiro atoms. The van der Waals surface area contributed by atoms with Crippen LogP contribution in [0, 0.1) is 12.8 Å². The van der Waals surface area contributed by atoms with Crippen molar-refractivity contribution >= 4 is 45.1 Å². The highest BCUT2D eigenvalue weighted by Gasteiger charge is 2.36. The van der Waals surface area contributed by atoms with Gasteiger partial charge in [-0.1, -0.05) is 22.9 Å². The predicted octanol–water partition coefficient (Wildman–Crippen LogP) is 4.08. The van der Waals surface area contributed by atoms with Gasteiger partial charge in [0.1, 0.15) is 5.75 Å². The maximum atomic E-state index is 12.4. The Bertz CT molecular complexity index is 961. The molecule has 0 bridgehead atoms. The van der Waals surface area contributed by atoms with Crippen LogP contribution in [-0.2, 0) is 19.1 Å². The Labute approximate surface area is 189 Å². The number of benzene rings is 2. The van der Waals surface area contributed by atoms with Crippen LogP contribution in [-0.4, -0.2) is 37.5 Å². The maximum absolute atomic E-state index is 12.4. The molecule has 31 heavy (non-hydrogen) atoms. The van der Waals surface area contributed by atoms with Gasteiger partial charge in [0.15, 0.2) is 6.61 Å². The number of amides is 2. The van der Waals surface area contributed by atoms with Crippen LogP contribution < -0.4 is 15.0 Å². The van der Waals surface area contributed by atoms with Gasteiger partial charge in [-0.15, -0.1) is 0 Å². The molecule has 1 fully saturated rings. The van der Waals surface area contributed by atoms with Crippen LogP contribution in [0.1, 0.15) is 25.3 Å². The second kappa shape index (κ2) is 10.4. The summed E-state index contributed by atoms with van der Waals surface area (Å²) in [6.07, 6.45) is 0.970. The second-order valence-electron chi connectivity index (χ2n) is 7.36. The zero-order valence-electron chi connectivity index (χ0n) is 17.5. The quantitative estimate of drug-likeness (QED) is 0.565. The molecule has 0 unspecified atom stereocenters. The molecule has 0 aromatic heterocycles. The number of esters is 1. The van der Waals surface area contributed by atoms with E-state index in [-0.39, 0.29) is 18.9 Å². The molecule has 1 atom stereocenters. The molecule has 1 saturated heterocycles. The Balaban J connectivity index is 1.51. The first-order valence-electron chi connectivity index (χ1n) is 10.1. The van der Waals surface area contributed by atoms with Crippen LogP contribution >= 0.6 is 15.9 Å². The Morgan fingerprint density at radius 1 is 1.19 bits per heavy atom. The van der Waals surface area contributed by atoms with Crippen molar-refractivity contribution in [1.82, 2.24) is 0 Å². The molecule has 1 heterocycles. The number of hydrogen-bond acceptors (Lipinski definition) is 5. The van der Waals surface area contributed by atoms with Gasteiger partial charge >= 0.3 is 5.97 Å². The zero-order chi connectivity index (χ0) is 22.4. The van der Waals surface area contributed by atoms with Crippen molar-refractivity contribution in [3.8, 4) is 5.75 Å². The molecule has 0 saturated carbocycles. The van der Waals surface area contributed by atoms with Gasteiger partial charge in [-0.05, 0) is 61.4 Å². The molecule has 2 aromatic rings. The highest BCUT2D eigenvalue weighted by Crippen LogP contribution is 2.27. The van der Waals surface area contributed by atoms with Crippen molar-refractivity contribution in [3.63, 3.8) is 0 Å². The lowest BCUT2D eigenvalue weighted by Crippen LogP contribution is -2.28. The second-order valence-corrected chi connectivity index (χ2v) is 8.28. The highest BCUT2D eigenvalue weighted by molar-refractivity contribution is 9.10. The molecular formula is C23H25BrN2O5. The summed E-state index contributed by atoms with van der Waals surface area (Å²) >= 11 is 3.37. The largest absolute Gasteiger partial charge is 0.494 e. The lowest BCUT2D eigenvalue weighted by atomic mass is 10.1. The molecule has 2 aromatic carbocycles. The van der Waals surface area contributed by atoms with Crippen LogP contribution in [0.3, 0.4) is 0 Å². The topological polar surface area (TPSA) is 84.9 Å². The van der Waals surface area contributed by atoms with Gasteiger partial charge in [-0.25, -0.2) is 0 Å². The number of hydrogen-bond donors (Lipinski definition) is 1. The molecule has 164 valence electrons. The third-order valence-electron chi connectivity index (χ3n) is 4.89. The van der Waals surface area contributed by atoms with E-state index in [0.29, 0.717) is 18.0 Å². The van der Waals surface area contributed by atoms with Gasteiger partial charge in [0.2, 0.25) is 5.91 Å². The summed E-state index contributed by atoms with van der Waals surface area (Å²) in [7, 11) is 0. The monoisotopic (exact) mass is 488 g/mol. The number of halogens is 1. The minimum absolute atomic E-state index is 0.0559. The summed E-state index contributed by atoms with van der Waals surface area (Å²) in [5, 5.41) is 2.72. The Morgan fingerprint density at radius 3 is 2.61 bits per heavy atom. The van der Waals surface area contributed by atoms with Crippen LogP contribution in [0.5, 0.6) is 5.75 Å². The smallest absolute Gasteiger partial charge is 0.311 e. The average Bonchev–Trinajstić information content (AvgIpc) is 3.14. The molecule has 3 rings (SSSR count). The molecule has 1 N–H and O–H groups in total. The molecule has 7 nitrogen and oxygen atoms in total. The molecular weight excluding hydrogens is 464 g/mol. The Kier molecular flexibility index (Phi) is 7.68. The lowest BCUT2D eigenvalue weighted by molar-refractivity contribution is -0.151. The summed E-state index contributed by atoms with van der Waals surface area (Å²) in [5.41, 5.74) is 2.24. The van der Waals surface area contributed by atoms with E-state index in [9.17, 15) is 14.4 Å². The minimum atomic E-state index is -0.606. The lowest BCUT2D eigenvalue weighted by Gasteiger charge is -2.17. The maximum Gasteiger partial charge on any atom is 0.311 e. The van der Waals surface area contributed by atoms with Crippen molar-refractivity contribution < 1.29 is 23.9 Å². The SMILES string of the molecule is CCCOc1ccc(N2C[C@@H](C(=O)OCC(=O)Nc3ccc(Br)cc3C)CC2=O)cc1. The van der Waals surface area contributed by atoms with Crippen molar-refractivity contribution in [2.45, 2.75) is 26.7 Å². The van der Waals surface area contributed by atoms with E-state index in [1.807, 2.05) is 26.0 Å². The van der Waals surface area contributed by atoms with Crippen LogP contribution in [0.2, 0.25) is 0 Å². The standard InChI is InChI=1S/C23H25BrN2O5/c1-3-10-30-19-7-5-18(6-8-19)26-13-16(12-22(26)28)23(29)31-14-21(27)25-20-9-4-17(24)11-15(20)2/h4-9,11,16H,3,10,12-14H2,1-2H3,(H,25,27)/t16-/m0/s1. The van der Waals surface area contributed by atoms with E-state index >= 15 is 0 Å². The fraction of sp³-hybridized carbons (Fsp3) is 0.348. The first-order valence-corrected chi connectivity index (χ1v) is 10.9. The normalized spacial score (nSPS) is 15.6. The summed E-state index contributed by atoms with van der Waals surface area (Å²) in [4.78, 5) is 38.5. The molecule has 0 aliphatic carbocycles. The van der Waals surface area contributed by atoms with E-state index in [1.165, 1.54) is 0 Å². The van der Waals surface area contributed by atoms with Gasteiger partial charge in [0.25, 0.3) is 5.91 Å². The minimum Gasteiger partial charge on any atom is -0.494 e. The summed E-state index contributed by atoms with van der Waals surface area (Å²) < 4.78 is 11.6. The third kappa shape index (κ3) is 6.07. The van der Waals surface area contributed by atoms with Crippen molar-refractivity contribution in [1.29, 1.82) is 0 Å². The van der Waals surface area contributed by atoms with E-state index < -0.39 is 24.4 Å². The van der Waals surface area contributed by atoms with Crippen molar-refractivity contribution in [3.05, 3.63) is 52.5 Å². The Morgan fingerprint density at radius 2 is 1.94 bits per heavy atom. The summed E-state index contributed by atoms with van der Waals surface area (Å²) in [5.74, 6) is -1.01. The number of ether oxygens (including phenoxy) is 2. The number of aryl methyl sites for hydroxylation is 1. The van der Waals surface area contributed by atoms with E-state index in [1.54, 1.807) is 35.2 Å². The third-order valence-corrected chi connectivity index (χ3v) is 5.38. The average molecular weight is 489 g/mol. The van der Waals surface area contributed by atoms with Crippen molar-refractivity contribution in [2.75, 3.05) is 30.0 Å². The van der Waals surface area contributed by atoms with E-state index in [0.717, 1.165) is 22.2 Å². The number of rotatable bonds is 8. The van der Waals surface area contributed by atoms with Gasteiger partial charge in [0.05, 0.1) is 12.5 Å². The zero-order valence-corrected chi connectivity index (χ0v) is 19.1. The molecule has 1 aliphatic rings. The predicted molar refractivity (Wildman–Crippen MR) is 121 cm³/mol. The van der Waals surface area contributed by atoms with Gasteiger partial charge in [-0.3, -0.25) is 14.4 Å². The number of anilines is 2. The number of carbonyl (C=O) groups excluding carboxylic acids is 3. The molecule has 8 heteroatoms. The summed E-state index contributed by atoms with van der Waals surface area (Å²) in [6.45, 7) is 4.35. The van der Waals surface area contributed by atoms with Crippen LogP contribution in [0.15, 0.2) is 46.9 Å². The number of nitrogens with one attached hydrogen (secondary N) is 1. The van der Waals surface area contributed by atoms with Crippen LogP contribution in [0.25, 0.3) is 0 Å². The van der Waals surface area contributed by atoms with E-state index in [4.69, 9.17) is 9.47 Å². The molecule has 2 amide bonds. The molecule has 1 aliphatic heterocycles. The van der Waals surface area contributed by atoms with E-state index in [2.05, 4.69) is 21.2 Å². The number of nitrogens with zero attached hydrogens (tertiary/aromatic N) is 1. The Hall–Kier alpha value is -2.87.